The Bertz CT molecular complexity index is 403. The zero-order valence-electron chi connectivity index (χ0n) is 7.87. The molecule has 15 heavy (non-hydrogen) atoms. The predicted octanol–water partition coefficient (Wildman–Crippen LogP) is -0.495. The Hall–Kier alpha value is -2.24. The van der Waals surface area contributed by atoms with Gasteiger partial charge in [-0.2, -0.15) is 0 Å². The maximum atomic E-state index is 10.3. The van der Waals surface area contributed by atoms with Crippen molar-refractivity contribution in [3.63, 3.8) is 0 Å². The first-order valence-corrected chi connectivity index (χ1v) is 4.05. The third-order valence-corrected chi connectivity index (χ3v) is 1.72. The van der Waals surface area contributed by atoms with Gasteiger partial charge < -0.3 is 30.4 Å². The number of amides is 2. The number of nitrogens with one attached hydrogen (secondary N) is 2. The highest BCUT2D eigenvalue weighted by Crippen LogP contribution is 2.19. The zero-order valence-corrected chi connectivity index (χ0v) is 7.87. The van der Waals surface area contributed by atoms with Gasteiger partial charge in [0, 0.05) is 11.4 Å². The van der Waals surface area contributed by atoms with E-state index in [4.69, 9.17) is 0 Å². The molecule has 1 aromatic carbocycles. The van der Waals surface area contributed by atoms with Crippen LogP contribution in [0.2, 0.25) is 0 Å². The van der Waals surface area contributed by atoms with Gasteiger partial charge in [-0.25, -0.2) is 0 Å². The molecule has 6 heteroatoms. The van der Waals surface area contributed by atoms with Crippen molar-refractivity contribution in [3.8, 4) is 0 Å². The molecule has 0 aliphatic carbocycles. The third-order valence-electron chi connectivity index (χ3n) is 1.72. The Morgan fingerprint density at radius 3 is 2.27 bits per heavy atom. The Morgan fingerprint density at radius 1 is 1.13 bits per heavy atom. The van der Waals surface area contributed by atoms with Gasteiger partial charge in [-0.1, -0.05) is 6.07 Å². The highest BCUT2D eigenvalue weighted by molar-refractivity contribution is 5.86. The largest absolute Gasteiger partial charge is 0.530 e. The van der Waals surface area contributed by atoms with Crippen LogP contribution < -0.4 is 20.8 Å². The summed E-state index contributed by atoms with van der Waals surface area (Å²) in [6.07, 6.45) is -2.91. The monoisotopic (exact) mass is 208 g/mol. The van der Waals surface area contributed by atoms with E-state index in [0.29, 0.717) is 5.56 Å². The van der Waals surface area contributed by atoms with Crippen LogP contribution in [0.15, 0.2) is 18.2 Å². The number of benzene rings is 1. The highest BCUT2D eigenvalue weighted by Gasteiger charge is 2.00. The van der Waals surface area contributed by atoms with Crippen LogP contribution in [0.4, 0.5) is 21.0 Å². The molecule has 0 spiro atoms. The fourth-order valence-corrected chi connectivity index (χ4v) is 1.06. The van der Waals surface area contributed by atoms with E-state index in [1.54, 1.807) is 13.0 Å². The highest BCUT2D eigenvalue weighted by atomic mass is 16.4. The summed E-state index contributed by atoms with van der Waals surface area (Å²) in [4.78, 5) is 20.5. The minimum Gasteiger partial charge on any atom is -0.530 e. The van der Waals surface area contributed by atoms with Gasteiger partial charge in [0.25, 0.3) is 0 Å². The van der Waals surface area contributed by atoms with Crippen molar-refractivity contribution >= 4 is 23.6 Å². The van der Waals surface area contributed by atoms with Crippen LogP contribution in [0.5, 0.6) is 0 Å². The molecule has 0 saturated heterocycles. The summed E-state index contributed by atoms with van der Waals surface area (Å²) in [5.74, 6) is 0. The van der Waals surface area contributed by atoms with Gasteiger partial charge in [0.15, 0.2) is 0 Å². The molecule has 0 heterocycles. The van der Waals surface area contributed by atoms with E-state index < -0.39 is 12.2 Å². The Labute approximate surface area is 85.5 Å². The second-order valence-electron chi connectivity index (χ2n) is 2.85. The molecule has 1 aromatic rings. The predicted molar refractivity (Wildman–Crippen MR) is 49.2 cm³/mol. The SMILES string of the molecule is Cc1ccc(NC(=O)[O-])cc1NC(=O)[O-]. The molecule has 0 aliphatic rings. The smallest absolute Gasteiger partial charge is 0.138 e. The summed E-state index contributed by atoms with van der Waals surface area (Å²) in [7, 11) is 0. The van der Waals surface area contributed by atoms with Gasteiger partial charge in [-0.15, -0.1) is 0 Å². The van der Waals surface area contributed by atoms with E-state index in [2.05, 4.69) is 0 Å². The maximum Gasteiger partial charge on any atom is 0.138 e. The van der Waals surface area contributed by atoms with Crippen molar-refractivity contribution in [2.45, 2.75) is 6.92 Å². The molecular formula is C9H8N2O4-2. The van der Waals surface area contributed by atoms with Crippen molar-refractivity contribution in [1.82, 2.24) is 0 Å². The Morgan fingerprint density at radius 2 is 1.73 bits per heavy atom. The Kier molecular flexibility index (Phi) is 3.12. The van der Waals surface area contributed by atoms with Crippen molar-refractivity contribution < 1.29 is 19.8 Å². The van der Waals surface area contributed by atoms with Crippen LogP contribution in [0.1, 0.15) is 5.56 Å². The van der Waals surface area contributed by atoms with Gasteiger partial charge in [0.1, 0.15) is 12.2 Å². The van der Waals surface area contributed by atoms with Crippen LogP contribution in [-0.4, -0.2) is 12.2 Å². The molecule has 1 rings (SSSR count). The fourth-order valence-electron chi connectivity index (χ4n) is 1.06. The molecule has 6 nitrogen and oxygen atoms in total. The van der Waals surface area contributed by atoms with E-state index in [1.807, 2.05) is 10.6 Å². The van der Waals surface area contributed by atoms with Gasteiger partial charge in [-0.3, -0.25) is 0 Å². The first-order chi connectivity index (χ1) is 6.99. The van der Waals surface area contributed by atoms with Crippen molar-refractivity contribution in [1.29, 1.82) is 0 Å². The lowest BCUT2D eigenvalue weighted by Gasteiger charge is -2.13. The molecule has 0 radical (unpaired) electrons. The van der Waals surface area contributed by atoms with E-state index >= 15 is 0 Å². The first-order valence-electron chi connectivity index (χ1n) is 4.05. The number of rotatable bonds is 2. The lowest BCUT2D eigenvalue weighted by atomic mass is 10.2. The molecule has 0 aliphatic heterocycles. The maximum absolute atomic E-state index is 10.3. The quantitative estimate of drug-likeness (QED) is 0.683. The van der Waals surface area contributed by atoms with Gasteiger partial charge in [0.05, 0.1) is 0 Å². The lowest BCUT2D eigenvalue weighted by molar-refractivity contribution is -0.243. The normalized spacial score (nSPS) is 9.40. The Balaban J connectivity index is 2.94. The summed E-state index contributed by atoms with van der Waals surface area (Å²) in [6.45, 7) is 1.67. The van der Waals surface area contributed by atoms with Crippen LogP contribution >= 0.6 is 0 Å². The molecule has 0 unspecified atom stereocenters. The summed E-state index contributed by atoms with van der Waals surface area (Å²) >= 11 is 0. The average molecular weight is 208 g/mol. The zero-order chi connectivity index (χ0) is 11.4. The fraction of sp³-hybridized carbons (Fsp3) is 0.111. The van der Waals surface area contributed by atoms with E-state index in [1.165, 1.54) is 12.1 Å². The molecular weight excluding hydrogens is 200 g/mol. The minimum atomic E-state index is -1.46. The van der Waals surface area contributed by atoms with E-state index in [-0.39, 0.29) is 11.4 Å². The van der Waals surface area contributed by atoms with Crippen LogP contribution in [-0.2, 0) is 0 Å². The summed E-state index contributed by atoms with van der Waals surface area (Å²) in [5, 5.41) is 24.5. The number of hydrogen-bond acceptors (Lipinski definition) is 4. The molecule has 80 valence electrons. The molecule has 2 N–H and O–H groups in total. The second-order valence-corrected chi connectivity index (χ2v) is 2.85. The van der Waals surface area contributed by atoms with Crippen LogP contribution in [0.3, 0.4) is 0 Å². The number of aryl methyl sites for hydroxylation is 1. The third kappa shape index (κ3) is 3.18. The standard InChI is InChI=1S/C9H10N2O4/c1-5-2-3-6(10-8(12)13)4-7(5)11-9(14)15/h2-4,10-11H,1H3,(H,12,13)(H,14,15)/p-2. The number of carboxylic acid groups (broad SMARTS) is 2. The van der Waals surface area contributed by atoms with Crippen molar-refractivity contribution in [2.75, 3.05) is 10.6 Å². The molecule has 0 fully saturated rings. The molecule has 0 atom stereocenters. The summed E-state index contributed by atoms with van der Waals surface area (Å²) < 4.78 is 0. The number of anilines is 2. The average Bonchev–Trinajstić information content (AvgIpc) is 2.09. The minimum absolute atomic E-state index is 0.226. The first kappa shape index (κ1) is 10.8. The molecule has 2 amide bonds. The summed E-state index contributed by atoms with van der Waals surface area (Å²) in [5.41, 5.74) is 1.15. The van der Waals surface area contributed by atoms with E-state index in [9.17, 15) is 19.8 Å². The molecule has 0 saturated carbocycles. The lowest BCUT2D eigenvalue weighted by Crippen LogP contribution is -2.30. The number of carbonyl (C=O) groups is 2. The topological polar surface area (TPSA) is 104 Å². The van der Waals surface area contributed by atoms with Crippen LogP contribution in [0, 0.1) is 6.92 Å². The van der Waals surface area contributed by atoms with Crippen LogP contribution in [0.25, 0.3) is 0 Å². The molecule has 0 aromatic heterocycles. The van der Waals surface area contributed by atoms with Crippen molar-refractivity contribution in [2.24, 2.45) is 0 Å². The second kappa shape index (κ2) is 4.32. The number of carbonyl (C=O) groups excluding carboxylic acids is 2. The summed E-state index contributed by atoms with van der Waals surface area (Å²) in [6, 6.07) is 4.39. The van der Waals surface area contributed by atoms with Gasteiger partial charge in [0.2, 0.25) is 0 Å². The van der Waals surface area contributed by atoms with Crippen molar-refractivity contribution in [3.05, 3.63) is 23.8 Å². The van der Waals surface area contributed by atoms with Gasteiger partial charge >= 0.3 is 0 Å². The molecule has 0 bridgehead atoms. The number of hydrogen-bond donors (Lipinski definition) is 2. The van der Waals surface area contributed by atoms with E-state index in [0.717, 1.165) is 0 Å². The van der Waals surface area contributed by atoms with Gasteiger partial charge in [-0.05, 0) is 24.6 Å².